The van der Waals surface area contributed by atoms with Crippen molar-refractivity contribution in [2.24, 2.45) is 5.92 Å². The molecule has 0 aliphatic carbocycles. The molecule has 0 radical (unpaired) electrons. The summed E-state index contributed by atoms with van der Waals surface area (Å²) < 4.78 is 0. The predicted molar refractivity (Wildman–Crippen MR) is 104 cm³/mol. The molecule has 5 nitrogen and oxygen atoms in total. The van der Waals surface area contributed by atoms with Crippen LogP contribution < -0.4 is 15.5 Å². The average molecular weight is 351 g/mol. The smallest absolute Gasteiger partial charge is 0.227 e. The van der Waals surface area contributed by atoms with Gasteiger partial charge in [0.1, 0.15) is 0 Å². The summed E-state index contributed by atoms with van der Waals surface area (Å²) in [5.74, 6) is -0.124. The molecule has 0 saturated heterocycles. The Bertz CT molecular complexity index is 761. The van der Waals surface area contributed by atoms with Crippen LogP contribution in [0.25, 0.3) is 0 Å². The third-order valence-corrected chi connectivity index (χ3v) is 4.80. The first kappa shape index (κ1) is 18.0. The standard InChI is InChI=1S/C21H25N3O2/c1-24(18-8-3-2-4-9-18)14-13-22-20(25)12-11-17-15-16-7-5-6-10-19(16)23-21(17)26/h2-10,17H,11-15H2,1H3,(H,22,25)(H,23,26). The summed E-state index contributed by atoms with van der Waals surface area (Å²) in [5, 5.41) is 5.88. The molecule has 0 bridgehead atoms. The SMILES string of the molecule is CN(CCNC(=O)CCC1Cc2ccccc2NC1=O)c1ccccc1. The van der Waals surface area contributed by atoms with Crippen molar-refractivity contribution in [2.45, 2.75) is 19.3 Å². The number of carbonyl (C=O) groups is 2. The van der Waals surface area contributed by atoms with Crippen molar-refractivity contribution in [3.8, 4) is 0 Å². The van der Waals surface area contributed by atoms with E-state index in [0.717, 1.165) is 23.5 Å². The minimum atomic E-state index is -0.136. The van der Waals surface area contributed by atoms with Gasteiger partial charge in [-0.15, -0.1) is 0 Å². The first-order chi connectivity index (χ1) is 12.6. The monoisotopic (exact) mass is 351 g/mol. The second-order valence-corrected chi connectivity index (χ2v) is 6.69. The van der Waals surface area contributed by atoms with Gasteiger partial charge in [0, 0.05) is 43.9 Å². The van der Waals surface area contributed by atoms with E-state index in [1.54, 1.807) is 0 Å². The van der Waals surface area contributed by atoms with Gasteiger partial charge in [-0.2, -0.15) is 0 Å². The molecule has 0 aromatic heterocycles. The van der Waals surface area contributed by atoms with Crippen LogP contribution in [0.15, 0.2) is 54.6 Å². The van der Waals surface area contributed by atoms with E-state index in [1.165, 1.54) is 0 Å². The molecule has 136 valence electrons. The lowest BCUT2D eigenvalue weighted by Gasteiger charge is -2.24. The molecular weight excluding hydrogens is 326 g/mol. The van der Waals surface area contributed by atoms with Crippen molar-refractivity contribution in [1.82, 2.24) is 5.32 Å². The number of nitrogens with one attached hydrogen (secondary N) is 2. The van der Waals surface area contributed by atoms with Crippen LogP contribution in [-0.4, -0.2) is 32.0 Å². The number of carbonyl (C=O) groups excluding carboxylic acids is 2. The summed E-state index contributed by atoms with van der Waals surface area (Å²) in [5.41, 5.74) is 3.16. The third kappa shape index (κ3) is 4.63. The molecule has 0 spiro atoms. The van der Waals surface area contributed by atoms with E-state index in [0.29, 0.717) is 25.8 Å². The third-order valence-electron chi connectivity index (χ3n) is 4.80. The van der Waals surface area contributed by atoms with Crippen LogP contribution in [-0.2, 0) is 16.0 Å². The van der Waals surface area contributed by atoms with Gasteiger partial charge in [0.25, 0.3) is 0 Å². The van der Waals surface area contributed by atoms with Gasteiger partial charge in [-0.05, 0) is 36.6 Å². The molecule has 0 saturated carbocycles. The lowest BCUT2D eigenvalue weighted by molar-refractivity contribution is -0.122. The van der Waals surface area contributed by atoms with Crippen LogP contribution in [0, 0.1) is 5.92 Å². The number of anilines is 2. The summed E-state index contributed by atoms with van der Waals surface area (Å²) in [7, 11) is 2.01. The number of hydrogen-bond acceptors (Lipinski definition) is 3. The maximum atomic E-state index is 12.2. The molecular formula is C21H25N3O2. The summed E-state index contributed by atoms with van der Waals surface area (Å²) in [4.78, 5) is 26.4. The van der Waals surface area contributed by atoms with Crippen molar-refractivity contribution in [2.75, 3.05) is 30.4 Å². The number of rotatable bonds is 7. The minimum absolute atomic E-state index is 0.00174. The fourth-order valence-electron chi connectivity index (χ4n) is 3.21. The van der Waals surface area contributed by atoms with E-state index >= 15 is 0 Å². The van der Waals surface area contributed by atoms with E-state index in [9.17, 15) is 9.59 Å². The predicted octanol–water partition coefficient (Wildman–Crippen LogP) is 2.83. The minimum Gasteiger partial charge on any atom is -0.373 e. The van der Waals surface area contributed by atoms with Gasteiger partial charge >= 0.3 is 0 Å². The Morgan fingerprint density at radius 3 is 2.69 bits per heavy atom. The Morgan fingerprint density at radius 1 is 1.15 bits per heavy atom. The molecule has 1 aliphatic rings. The molecule has 5 heteroatoms. The van der Waals surface area contributed by atoms with Crippen LogP contribution >= 0.6 is 0 Å². The number of hydrogen-bond donors (Lipinski definition) is 2. The molecule has 1 atom stereocenters. The van der Waals surface area contributed by atoms with Crippen LogP contribution in [0.3, 0.4) is 0 Å². The van der Waals surface area contributed by atoms with Crippen molar-refractivity contribution >= 4 is 23.2 Å². The van der Waals surface area contributed by atoms with E-state index in [4.69, 9.17) is 0 Å². The van der Waals surface area contributed by atoms with Crippen LogP contribution in [0.1, 0.15) is 18.4 Å². The largest absolute Gasteiger partial charge is 0.373 e. The molecule has 2 aromatic carbocycles. The molecule has 1 heterocycles. The number of fused-ring (bicyclic) bond motifs is 1. The highest BCUT2D eigenvalue weighted by Gasteiger charge is 2.26. The Hall–Kier alpha value is -2.82. The summed E-state index contributed by atoms with van der Waals surface area (Å²) in [6.07, 6.45) is 1.64. The van der Waals surface area contributed by atoms with E-state index < -0.39 is 0 Å². The fourth-order valence-corrected chi connectivity index (χ4v) is 3.21. The van der Waals surface area contributed by atoms with Gasteiger partial charge in [-0.3, -0.25) is 9.59 Å². The number of nitrogens with zero attached hydrogens (tertiary/aromatic N) is 1. The van der Waals surface area contributed by atoms with Crippen LogP contribution in [0.2, 0.25) is 0 Å². The Labute approximate surface area is 154 Å². The zero-order valence-corrected chi connectivity index (χ0v) is 15.1. The molecule has 0 fully saturated rings. The normalized spacial score (nSPS) is 15.7. The van der Waals surface area contributed by atoms with Gasteiger partial charge < -0.3 is 15.5 Å². The maximum Gasteiger partial charge on any atom is 0.227 e. The van der Waals surface area contributed by atoms with Gasteiger partial charge in [0.15, 0.2) is 0 Å². The van der Waals surface area contributed by atoms with Gasteiger partial charge in [0.05, 0.1) is 0 Å². The summed E-state index contributed by atoms with van der Waals surface area (Å²) >= 11 is 0. The lowest BCUT2D eigenvalue weighted by Crippen LogP contribution is -2.34. The topological polar surface area (TPSA) is 61.4 Å². The zero-order chi connectivity index (χ0) is 18.4. The van der Waals surface area contributed by atoms with E-state index in [2.05, 4.69) is 15.5 Å². The lowest BCUT2D eigenvalue weighted by atomic mass is 9.89. The number of para-hydroxylation sites is 2. The summed E-state index contributed by atoms with van der Waals surface area (Å²) in [6.45, 7) is 1.33. The highest BCUT2D eigenvalue weighted by molar-refractivity contribution is 5.96. The fraction of sp³-hybridized carbons (Fsp3) is 0.333. The molecule has 3 rings (SSSR count). The van der Waals surface area contributed by atoms with Crippen molar-refractivity contribution in [3.05, 3.63) is 60.2 Å². The molecule has 26 heavy (non-hydrogen) atoms. The molecule has 2 amide bonds. The Kier molecular flexibility index (Phi) is 5.89. The van der Waals surface area contributed by atoms with Crippen molar-refractivity contribution in [1.29, 1.82) is 0 Å². The number of amides is 2. The molecule has 2 aromatic rings. The van der Waals surface area contributed by atoms with Gasteiger partial charge in [0.2, 0.25) is 11.8 Å². The maximum absolute atomic E-state index is 12.2. The van der Waals surface area contributed by atoms with Gasteiger partial charge in [-0.1, -0.05) is 36.4 Å². The highest BCUT2D eigenvalue weighted by atomic mass is 16.2. The number of likely N-dealkylation sites (N-methyl/N-ethyl adjacent to an activating group) is 1. The first-order valence-corrected chi connectivity index (χ1v) is 9.05. The zero-order valence-electron chi connectivity index (χ0n) is 15.1. The van der Waals surface area contributed by atoms with E-state index in [1.807, 2.05) is 61.6 Å². The molecule has 1 aliphatic heterocycles. The summed E-state index contributed by atoms with van der Waals surface area (Å²) in [6, 6.07) is 17.9. The van der Waals surface area contributed by atoms with Crippen molar-refractivity contribution in [3.63, 3.8) is 0 Å². The van der Waals surface area contributed by atoms with Gasteiger partial charge in [-0.25, -0.2) is 0 Å². The Balaban J connectivity index is 1.40. The first-order valence-electron chi connectivity index (χ1n) is 9.05. The second-order valence-electron chi connectivity index (χ2n) is 6.69. The Morgan fingerprint density at radius 2 is 1.88 bits per heavy atom. The highest BCUT2D eigenvalue weighted by Crippen LogP contribution is 2.27. The molecule has 1 unspecified atom stereocenters. The second kappa shape index (κ2) is 8.52. The van der Waals surface area contributed by atoms with Crippen LogP contribution in [0.5, 0.6) is 0 Å². The molecule has 2 N–H and O–H groups in total. The van der Waals surface area contributed by atoms with E-state index in [-0.39, 0.29) is 17.7 Å². The van der Waals surface area contributed by atoms with Crippen LogP contribution in [0.4, 0.5) is 11.4 Å². The average Bonchev–Trinajstić information content (AvgIpc) is 2.67. The quantitative estimate of drug-likeness (QED) is 0.806. The number of benzene rings is 2. The van der Waals surface area contributed by atoms with Crippen molar-refractivity contribution < 1.29 is 9.59 Å².